The maximum absolute atomic E-state index is 12.3. The molecule has 1 amide bonds. The minimum absolute atomic E-state index is 0.00829. The van der Waals surface area contributed by atoms with Gasteiger partial charge >= 0.3 is 0 Å². The van der Waals surface area contributed by atoms with E-state index in [2.05, 4.69) is 5.32 Å². The van der Waals surface area contributed by atoms with Gasteiger partial charge in [-0.2, -0.15) is 0 Å². The number of rotatable bonds is 3. The second-order valence-electron chi connectivity index (χ2n) is 6.52. The Labute approximate surface area is 151 Å². The molecule has 2 aromatic carbocycles. The number of benzene rings is 2. The van der Waals surface area contributed by atoms with E-state index in [1.165, 1.54) is 6.08 Å². The summed E-state index contributed by atoms with van der Waals surface area (Å²) in [6.45, 7) is 3.76. The number of hydrogen-bond acceptors (Lipinski definition) is 3. The van der Waals surface area contributed by atoms with Crippen LogP contribution >= 0.6 is 11.6 Å². The smallest absolute Gasteiger partial charge is 0.248 e. The van der Waals surface area contributed by atoms with Crippen LogP contribution in [0, 0.1) is 0 Å². The first-order valence-corrected chi connectivity index (χ1v) is 8.32. The molecule has 128 valence electrons. The lowest BCUT2D eigenvalue weighted by molar-refractivity contribution is -0.111. The lowest BCUT2D eigenvalue weighted by atomic mass is 9.93. The van der Waals surface area contributed by atoms with E-state index in [9.17, 15) is 9.59 Å². The Morgan fingerprint density at radius 3 is 2.76 bits per heavy atom. The maximum Gasteiger partial charge on any atom is 0.248 e. The molecule has 3 rings (SSSR count). The third-order valence-electron chi connectivity index (χ3n) is 3.84. The van der Waals surface area contributed by atoms with Crippen LogP contribution in [0.1, 0.15) is 36.2 Å². The zero-order valence-electron chi connectivity index (χ0n) is 14.0. The summed E-state index contributed by atoms with van der Waals surface area (Å²) in [5.74, 6) is 0.254. The fourth-order valence-electron chi connectivity index (χ4n) is 2.69. The molecule has 1 aliphatic rings. The number of carbonyl (C=O) groups is 2. The van der Waals surface area contributed by atoms with Crippen molar-refractivity contribution in [1.82, 2.24) is 0 Å². The Hall–Kier alpha value is -2.59. The number of halogens is 1. The third-order valence-corrected chi connectivity index (χ3v) is 4.18. The number of ketones is 1. The van der Waals surface area contributed by atoms with Gasteiger partial charge in [0.25, 0.3) is 0 Å². The first-order chi connectivity index (χ1) is 11.8. The van der Waals surface area contributed by atoms with Crippen molar-refractivity contribution >= 4 is 35.1 Å². The molecule has 0 unspecified atom stereocenters. The Morgan fingerprint density at radius 1 is 1.24 bits per heavy atom. The average molecular weight is 356 g/mol. The van der Waals surface area contributed by atoms with Gasteiger partial charge in [-0.15, -0.1) is 0 Å². The van der Waals surface area contributed by atoms with Crippen molar-refractivity contribution in [1.29, 1.82) is 0 Å². The van der Waals surface area contributed by atoms with Gasteiger partial charge in [-0.05, 0) is 49.8 Å². The van der Waals surface area contributed by atoms with E-state index < -0.39 is 5.60 Å². The van der Waals surface area contributed by atoms with E-state index in [0.717, 1.165) is 5.56 Å². The minimum Gasteiger partial charge on any atom is -0.487 e. The highest BCUT2D eigenvalue weighted by molar-refractivity contribution is 6.32. The SMILES string of the molecule is CC1(C)CC(=O)c2cc(NC(=O)/C=C/c3ccccc3Cl)ccc2O1. The molecule has 0 fully saturated rings. The predicted octanol–water partition coefficient (Wildman–Crippen LogP) is 4.74. The molecule has 0 atom stereocenters. The molecule has 0 saturated heterocycles. The van der Waals surface area contributed by atoms with Crippen LogP contribution in [0.3, 0.4) is 0 Å². The summed E-state index contributed by atoms with van der Waals surface area (Å²) in [7, 11) is 0. The highest BCUT2D eigenvalue weighted by atomic mass is 35.5. The second kappa shape index (κ2) is 6.73. The van der Waals surface area contributed by atoms with Crippen LogP contribution < -0.4 is 10.1 Å². The quantitative estimate of drug-likeness (QED) is 0.809. The number of ether oxygens (including phenoxy) is 1. The first-order valence-electron chi connectivity index (χ1n) is 7.94. The molecule has 0 spiro atoms. The highest BCUT2D eigenvalue weighted by Crippen LogP contribution is 2.34. The topological polar surface area (TPSA) is 55.4 Å². The first kappa shape index (κ1) is 17.2. The lowest BCUT2D eigenvalue weighted by Gasteiger charge is -2.31. The molecular formula is C20H18ClNO3. The molecule has 5 heteroatoms. The number of Topliss-reactive ketones (excluding diaryl/α,β-unsaturated/α-hetero) is 1. The van der Waals surface area contributed by atoms with E-state index in [4.69, 9.17) is 16.3 Å². The summed E-state index contributed by atoms with van der Waals surface area (Å²) in [5.41, 5.74) is 1.29. The fraction of sp³-hybridized carbons (Fsp3) is 0.200. The van der Waals surface area contributed by atoms with Gasteiger partial charge in [-0.25, -0.2) is 0 Å². The summed E-state index contributed by atoms with van der Waals surface area (Å²) >= 11 is 6.05. The zero-order chi connectivity index (χ0) is 18.0. The van der Waals surface area contributed by atoms with Crippen LogP contribution in [0.2, 0.25) is 5.02 Å². The van der Waals surface area contributed by atoms with Crippen LogP contribution in [0.5, 0.6) is 5.75 Å². The van der Waals surface area contributed by atoms with Crippen molar-refractivity contribution < 1.29 is 14.3 Å². The van der Waals surface area contributed by atoms with E-state index in [1.54, 1.807) is 30.3 Å². The van der Waals surface area contributed by atoms with Crippen molar-refractivity contribution in [3.05, 3.63) is 64.7 Å². The maximum atomic E-state index is 12.3. The van der Waals surface area contributed by atoms with Gasteiger partial charge in [0.15, 0.2) is 5.78 Å². The molecule has 1 N–H and O–H groups in total. The average Bonchev–Trinajstić information content (AvgIpc) is 2.54. The molecule has 4 nitrogen and oxygen atoms in total. The summed E-state index contributed by atoms with van der Waals surface area (Å²) in [4.78, 5) is 24.4. The largest absolute Gasteiger partial charge is 0.487 e. The minimum atomic E-state index is -0.507. The number of nitrogens with one attached hydrogen (secondary N) is 1. The Balaban J connectivity index is 1.74. The van der Waals surface area contributed by atoms with Gasteiger partial charge in [-0.3, -0.25) is 9.59 Å². The molecule has 1 heterocycles. The Bertz CT molecular complexity index is 871. The zero-order valence-corrected chi connectivity index (χ0v) is 14.8. The van der Waals surface area contributed by atoms with Crippen LogP contribution in [-0.4, -0.2) is 17.3 Å². The number of amides is 1. The highest BCUT2D eigenvalue weighted by Gasteiger charge is 2.32. The molecular weight excluding hydrogens is 338 g/mol. The van der Waals surface area contributed by atoms with Crippen LogP contribution in [0.25, 0.3) is 6.08 Å². The van der Waals surface area contributed by atoms with Crippen LogP contribution in [-0.2, 0) is 4.79 Å². The van der Waals surface area contributed by atoms with Crippen molar-refractivity contribution in [2.24, 2.45) is 0 Å². The molecule has 0 saturated carbocycles. The molecule has 25 heavy (non-hydrogen) atoms. The lowest BCUT2D eigenvalue weighted by Crippen LogP contribution is -2.35. The molecule has 0 bridgehead atoms. The summed E-state index contributed by atoms with van der Waals surface area (Å²) in [6, 6.07) is 12.3. The van der Waals surface area contributed by atoms with Gasteiger partial charge in [0.1, 0.15) is 11.4 Å². The molecule has 1 aliphatic heterocycles. The number of fused-ring (bicyclic) bond motifs is 1. The second-order valence-corrected chi connectivity index (χ2v) is 6.92. The van der Waals surface area contributed by atoms with Gasteiger partial charge in [-0.1, -0.05) is 29.8 Å². The standard InChI is InChI=1S/C20H18ClNO3/c1-20(2)12-17(23)15-11-14(8-9-18(15)25-20)22-19(24)10-7-13-5-3-4-6-16(13)21/h3-11H,12H2,1-2H3,(H,22,24)/b10-7+. The van der Waals surface area contributed by atoms with Gasteiger partial charge in [0.05, 0.1) is 12.0 Å². The normalized spacial score (nSPS) is 15.6. The van der Waals surface area contributed by atoms with Crippen molar-refractivity contribution in [2.45, 2.75) is 25.9 Å². The van der Waals surface area contributed by atoms with Crippen molar-refractivity contribution in [3.8, 4) is 5.75 Å². The predicted molar refractivity (Wildman–Crippen MR) is 99.2 cm³/mol. The summed E-state index contributed by atoms with van der Waals surface area (Å²) in [5, 5.41) is 3.32. The summed E-state index contributed by atoms with van der Waals surface area (Å²) in [6.07, 6.45) is 3.36. The Kier molecular flexibility index (Phi) is 4.64. The van der Waals surface area contributed by atoms with Crippen molar-refractivity contribution in [3.63, 3.8) is 0 Å². The van der Waals surface area contributed by atoms with Crippen LogP contribution in [0.15, 0.2) is 48.5 Å². The summed E-state index contributed by atoms with van der Waals surface area (Å²) < 4.78 is 5.81. The molecule has 0 aromatic heterocycles. The molecule has 0 aliphatic carbocycles. The van der Waals surface area contributed by atoms with E-state index in [1.807, 2.05) is 32.0 Å². The number of carbonyl (C=O) groups excluding carboxylic acids is 2. The Morgan fingerprint density at radius 2 is 2.00 bits per heavy atom. The molecule has 2 aromatic rings. The van der Waals surface area contributed by atoms with Gasteiger partial charge < -0.3 is 10.1 Å². The monoisotopic (exact) mass is 355 g/mol. The van der Waals surface area contributed by atoms with E-state index >= 15 is 0 Å². The number of hydrogen-bond donors (Lipinski definition) is 1. The van der Waals surface area contributed by atoms with E-state index in [-0.39, 0.29) is 11.7 Å². The van der Waals surface area contributed by atoms with Crippen LogP contribution in [0.4, 0.5) is 5.69 Å². The molecule has 0 radical (unpaired) electrons. The van der Waals surface area contributed by atoms with E-state index in [0.29, 0.717) is 28.4 Å². The van der Waals surface area contributed by atoms with Crippen molar-refractivity contribution in [2.75, 3.05) is 5.32 Å². The fourth-order valence-corrected chi connectivity index (χ4v) is 2.89. The van der Waals surface area contributed by atoms with Gasteiger partial charge in [0, 0.05) is 16.8 Å². The third kappa shape index (κ3) is 4.09. The van der Waals surface area contributed by atoms with Gasteiger partial charge in [0.2, 0.25) is 5.91 Å². The number of anilines is 1.